The van der Waals surface area contributed by atoms with Crippen LogP contribution in [0.15, 0.2) is 41.0 Å². The van der Waals surface area contributed by atoms with Crippen molar-refractivity contribution in [1.29, 1.82) is 0 Å². The largest absolute Gasteiger partial charge is 0.486 e. The van der Waals surface area contributed by atoms with Crippen molar-refractivity contribution in [3.05, 3.63) is 53.5 Å². The van der Waals surface area contributed by atoms with E-state index in [-0.39, 0.29) is 0 Å². The highest BCUT2D eigenvalue weighted by Crippen LogP contribution is 2.18. The topological polar surface area (TPSA) is 48.4 Å². The van der Waals surface area contributed by atoms with Crippen LogP contribution in [0.25, 0.3) is 0 Å². The van der Waals surface area contributed by atoms with Gasteiger partial charge in [0.1, 0.15) is 23.1 Å². The zero-order valence-corrected chi connectivity index (χ0v) is 10.3. The molecule has 0 bridgehead atoms. The lowest BCUT2D eigenvalue weighted by Gasteiger charge is -2.08. The number of hydrogen-bond acceptors (Lipinski definition) is 3. The van der Waals surface area contributed by atoms with E-state index in [1.807, 2.05) is 37.3 Å². The van der Waals surface area contributed by atoms with Gasteiger partial charge in [0, 0.05) is 5.56 Å². The van der Waals surface area contributed by atoms with Crippen molar-refractivity contribution >= 4 is 17.2 Å². The fourth-order valence-electron chi connectivity index (χ4n) is 1.55. The second-order valence-electron chi connectivity index (χ2n) is 3.71. The third kappa shape index (κ3) is 2.85. The lowest BCUT2D eigenvalue weighted by Crippen LogP contribution is -2.11. The first-order valence-corrected chi connectivity index (χ1v) is 5.63. The minimum absolute atomic E-state index is 0.403. The predicted octanol–water partition coefficient (Wildman–Crippen LogP) is 2.80. The van der Waals surface area contributed by atoms with E-state index in [0.29, 0.717) is 11.6 Å². The molecule has 0 unspecified atom stereocenters. The van der Waals surface area contributed by atoms with Gasteiger partial charge in [-0.3, -0.25) is 0 Å². The fraction of sp³-hybridized carbons (Fsp3) is 0.154. The van der Waals surface area contributed by atoms with Gasteiger partial charge in [-0.1, -0.05) is 12.2 Å². The highest BCUT2D eigenvalue weighted by atomic mass is 32.1. The number of thiocarbonyl (C=S) groups is 1. The lowest BCUT2D eigenvalue weighted by molar-refractivity contribution is 0.270. The third-order valence-corrected chi connectivity index (χ3v) is 2.64. The molecule has 0 aliphatic carbocycles. The van der Waals surface area contributed by atoms with Gasteiger partial charge < -0.3 is 14.9 Å². The van der Waals surface area contributed by atoms with Gasteiger partial charge in [0.15, 0.2) is 0 Å². The van der Waals surface area contributed by atoms with Crippen molar-refractivity contribution in [3.8, 4) is 5.75 Å². The van der Waals surface area contributed by atoms with Crippen molar-refractivity contribution in [3.63, 3.8) is 0 Å². The molecule has 1 aromatic heterocycles. The van der Waals surface area contributed by atoms with E-state index in [2.05, 4.69) is 0 Å². The molecule has 0 amide bonds. The van der Waals surface area contributed by atoms with Crippen LogP contribution in [0.1, 0.15) is 16.9 Å². The molecule has 0 atom stereocenters. The molecule has 1 heterocycles. The van der Waals surface area contributed by atoms with Crippen LogP contribution >= 0.6 is 12.2 Å². The summed E-state index contributed by atoms with van der Waals surface area (Å²) in [4.78, 5) is 0.403. The highest BCUT2D eigenvalue weighted by molar-refractivity contribution is 7.80. The van der Waals surface area contributed by atoms with E-state index >= 15 is 0 Å². The zero-order chi connectivity index (χ0) is 12.3. The SMILES string of the molecule is Cc1cc(OCc2ccco2)ccc1C(N)=S. The Morgan fingerprint density at radius 2 is 2.24 bits per heavy atom. The predicted molar refractivity (Wildman–Crippen MR) is 70.1 cm³/mol. The molecule has 0 fully saturated rings. The summed E-state index contributed by atoms with van der Waals surface area (Å²) in [5, 5.41) is 0. The van der Waals surface area contributed by atoms with Gasteiger partial charge in [-0.05, 0) is 42.8 Å². The molecule has 2 N–H and O–H groups in total. The van der Waals surface area contributed by atoms with E-state index in [1.165, 1.54) is 0 Å². The average molecular weight is 247 g/mol. The quantitative estimate of drug-likeness (QED) is 0.844. The standard InChI is InChI=1S/C13H13NO2S/c1-9-7-10(4-5-12(9)13(14)17)16-8-11-3-2-6-15-11/h2-7H,8H2,1H3,(H2,14,17). The number of benzene rings is 1. The Kier molecular flexibility index (Phi) is 3.44. The van der Waals surface area contributed by atoms with Gasteiger partial charge >= 0.3 is 0 Å². The van der Waals surface area contributed by atoms with Crippen molar-refractivity contribution < 1.29 is 9.15 Å². The number of nitrogens with two attached hydrogens (primary N) is 1. The Balaban J connectivity index is 2.07. The molecule has 0 spiro atoms. The Bertz CT molecular complexity index is 520. The van der Waals surface area contributed by atoms with Gasteiger partial charge in [0.2, 0.25) is 0 Å². The molecule has 2 rings (SSSR count). The number of ether oxygens (including phenoxy) is 1. The van der Waals surface area contributed by atoms with E-state index in [1.54, 1.807) is 6.26 Å². The second kappa shape index (κ2) is 5.01. The maximum atomic E-state index is 5.59. The Morgan fingerprint density at radius 1 is 1.41 bits per heavy atom. The summed E-state index contributed by atoms with van der Waals surface area (Å²) in [5.74, 6) is 1.57. The van der Waals surface area contributed by atoms with Crippen molar-refractivity contribution in [1.82, 2.24) is 0 Å². The summed E-state index contributed by atoms with van der Waals surface area (Å²) in [6.45, 7) is 2.37. The van der Waals surface area contributed by atoms with E-state index in [9.17, 15) is 0 Å². The summed E-state index contributed by atoms with van der Waals surface area (Å²) < 4.78 is 10.8. The number of aryl methyl sites for hydroxylation is 1. The van der Waals surface area contributed by atoms with Crippen LogP contribution in [0.5, 0.6) is 5.75 Å². The fourth-order valence-corrected chi connectivity index (χ4v) is 1.78. The van der Waals surface area contributed by atoms with Crippen molar-refractivity contribution in [2.45, 2.75) is 13.5 Å². The van der Waals surface area contributed by atoms with Crippen LogP contribution in [0.4, 0.5) is 0 Å². The first kappa shape index (κ1) is 11.7. The van der Waals surface area contributed by atoms with E-state index < -0.39 is 0 Å². The molecule has 0 radical (unpaired) electrons. The second-order valence-corrected chi connectivity index (χ2v) is 4.15. The maximum absolute atomic E-state index is 5.59. The first-order chi connectivity index (χ1) is 8.16. The number of hydrogen-bond donors (Lipinski definition) is 1. The Hall–Kier alpha value is -1.81. The minimum atomic E-state index is 0.403. The smallest absolute Gasteiger partial charge is 0.146 e. The van der Waals surface area contributed by atoms with Gasteiger partial charge in [0.05, 0.1) is 6.26 Å². The molecule has 0 aliphatic rings. The molecule has 17 heavy (non-hydrogen) atoms. The van der Waals surface area contributed by atoms with Gasteiger partial charge in [0.25, 0.3) is 0 Å². The number of rotatable bonds is 4. The van der Waals surface area contributed by atoms with Gasteiger partial charge in [-0.15, -0.1) is 0 Å². The summed E-state index contributed by atoms with van der Waals surface area (Å²) >= 11 is 4.94. The third-order valence-electron chi connectivity index (χ3n) is 2.42. The molecular formula is C13H13NO2S. The van der Waals surface area contributed by atoms with Crippen LogP contribution in [0.3, 0.4) is 0 Å². The summed E-state index contributed by atoms with van der Waals surface area (Å²) in [6.07, 6.45) is 1.62. The molecule has 0 saturated carbocycles. The Morgan fingerprint density at radius 3 is 2.82 bits per heavy atom. The molecule has 3 nitrogen and oxygen atoms in total. The van der Waals surface area contributed by atoms with Crippen LogP contribution in [-0.4, -0.2) is 4.99 Å². The maximum Gasteiger partial charge on any atom is 0.146 e. The molecule has 88 valence electrons. The summed E-state index contributed by atoms with van der Waals surface area (Å²) in [5.41, 5.74) is 7.48. The zero-order valence-electron chi connectivity index (χ0n) is 9.47. The molecule has 0 aliphatic heterocycles. The Labute approximate surface area is 105 Å². The van der Waals surface area contributed by atoms with Crippen molar-refractivity contribution in [2.75, 3.05) is 0 Å². The van der Waals surface area contributed by atoms with E-state index in [4.69, 9.17) is 27.1 Å². The molecule has 4 heteroatoms. The van der Waals surface area contributed by atoms with Gasteiger partial charge in [-0.2, -0.15) is 0 Å². The normalized spacial score (nSPS) is 10.2. The van der Waals surface area contributed by atoms with Crippen LogP contribution in [-0.2, 0) is 6.61 Å². The number of furan rings is 1. The monoisotopic (exact) mass is 247 g/mol. The van der Waals surface area contributed by atoms with Crippen LogP contribution < -0.4 is 10.5 Å². The summed E-state index contributed by atoms with van der Waals surface area (Å²) in [7, 11) is 0. The van der Waals surface area contributed by atoms with Crippen LogP contribution in [0.2, 0.25) is 0 Å². The van der Waals surface area contributed by atoms with E-state index in [0.717, 1.165) is 22.6 Å². The first-order valence-electron chi connectivity index (χ1n) is 5.22. The minimum Gasteiger partial charge on any atom is -0.486 e. The summed E-state index contributed by atoms with van der Waals surface area (Å²) in [6, 6.07) is 9.34. The molecular weight excluding hydrogens is 234 g/mol. The van der Waals surface area contributed by atoms with Crippen molar-refractivity contribution in [2.24, 2.45) is 5.73 Å². The van der Waals surface area contributed by atoms with Gasteiger partial charge in [-0.25, -0.2) is 0 Å². The van der Waals surface area contributed by atoms with Crippen LogP contribution in [0, 0.1) is 6.92 Å². The highest BCUT2D eigenvalue weighted by Gasteiger charge is 2.04. The average Bonchev–Trinajstić information content (AvgIpc) is 2.78. The molecule has 0 saturated heterocycles. The molecule has 1 aromatic carbocycles. The molecule has 2 aromatic rings. The lowest BCUT2D eigenvalue weighted by atomic mass is 10.1.